The summed E-state index contributed by atoms with van der Waals surface area (Å²) in [6.07, 6.45) is -2.94. The van der Waals surface area contributed by atoms with Crippen molar-refractivity contribution < 1.29 is 27.5 Å². The zero-order valence-electron chi connectivity index (χ0n) is 20.9. The van der Waals surface area contributed by atoms with Crippen LogP contribution in [0.5, 0.6) is 0 Å². The lowest BCUT2D eigenvalue weighted by molar-refractivity contribution is -0.137. The average molecular weight is 558 g/mol. The number of amides is 1. The summed E-state index contributed by atoms with van der Waals surface area (Å²) in [7, 11) is 1.58. The van der Waals surface area contributed by atoms with E-state index in [2.05, 4.69) is 31.6 Å². The Morgan fingerprint density at radius 3 is 2.52 bits per heavy atom. The Bertz CT molecular complexity index is 1560. The number of nitrogens with one attached hydrogen (secondary N) is 3. The number of aliphatic hydroxyl groups excluding tert-OH is 1. The van der Waals surface area contributed by atoms with Crippen molar-refractivity contribution in [3.05, 3.63) is 83.4 Å². The van der Waals surface area contributed by atoms with E-state index < -0.39 is 23.5 Å². The van der Waals surface area contributed by atoms with Gasteiger partial charge in [0.15, 0.2) is 0 Å². The Balaban J connectivity index is 1.46. The topological polar surface area (TPSA) is 125 Å². The van der Waals surface area contributed by atoms with Gasteiger partial charge in [-0.2, -0.15) is 23.4 Å². The lowest BCUT2D eigenvalue weighted by Gasteiger charge is -2.14. The maximum absolute atomic E-state index is 13.7. The molecular weight excluding hydrogens is 534 g/mol. The molecule has 2 aromatic carbocycles. The van der Waals surface area contributed by atoms with Crippen LogP contribution in [0.4, 0.5) is 23.4 Å². The van der Waals surface area contributed by atoms with E-state index >= 15 is 0 Å². The Hall–Kier alpha value is -4.76. The van der Waals surface area contributed by atoms with Gasteiger partial charge in [-0.25, -0.2) is 14.6 Å². The molecule has 0 fully saturated rings. The van der Waals surface area contributed by atoms with Crippen molar-refractivity contribution in [1.29, 1.82) is 0 Å². The maximum atomic E-state index is 13.7. The van der Waals surface area contributed by atoms with Crippen LogP contribution in [0.15, 0.2) is 65.9 Å². The van der Waals surface area contributed by atoms with Crippen molar-refractivity contribution in [2.45, 2.75) is 12.6 Å². The Kier molecular flexibility index (Phi) is 7.23. The second-order valence-corrected chi connectivity index (χ2v) is 8.82. The van der Waals surface area contributed by atoms with Crippen LogP contribution < -0.4 is 16.3 Å². The smallest absolute Gasteiger partial charge is 0.395 e. The number of hydrazone groups is 1. The highest BCUT2D eigenvalue weighted by atomic mass is 19.4. The second-order valence-electron chi connectivity index (χ2n) is 8.82. The van der Waals surface area contributed by atoms with Crippen LogP contribution in [0.1, 0.15) is 21.6 Å². The lowest BCUT2D eigenvalue weighted by Crippen LogP contribution is -2.43. The van der Waals surface area contributed by atoms with E-state index in [1.807, 2.05) is 0 Å². The van der Waals surface area contributed by atoms with Gasteiger partial charge in [0.05, 0.1) is 42.2 Å². The standard InChI is InChI=1S/C25H23F4N9O2/c1-36-9-8-21(33-36)19-12-15(2-7-20(19)25(27,28)29)24(40)30-23-14-17(13-22-31-35-37(34-22)10-11-39)32-38(23)18-5-3-16(26)4-6-18/h2-9,12,14,35,39H,10-11,13H2,1H3,(H,30,40)(H,31,34). The third-order valence-electron chi connectivity index (χ3n) is 5.89. The number of aryl methyl sites for hydroxylation is 1. The molecule has 40 heavy (non-hydrogen) atoms. The van der Waals surface area contributed by atoms with Gasteiger partial charge >= 0.3 is 6.18 Å². The molecule has 0 saturated heterocycles. The molecule has 3 heterocycles. The first-order valence-corrected chi connectivity index (χ1v) is 12.0. The third kappa shape index (κ3) is 5.79. The van der Waals surface area contributed by atoms with Crippen LogP contribution >= 0.6 is 0 Å². The molecule has 5 rings (SSSR count). The Morgan fingerprint density at radius 2 is 1.85 bits per heavy atom. The summed E-state index contributed by atoms with van der Waals surface area (Å²) in [5.41, 5.74) is 5.43. The van der Waals surface area contributed by atoms with E-state index in [-0.39, 0.29) is 42.2 Å². The van der Waals surface area contributed by atoms with E-state index in [1.165, 1.54) is 51.0 Å². The molecule has 1 aliphatic heterocycles. The number of hydrogen-bond acceptors (Lipinski definition) is 8. The van der Waals surface area contributed by atoms with Crippen LogP contribution in [-0.4, -0.2) is 54.7 Å². The van der Waals surface area contributed by atoms with E-state index in [0.717, 1.165) is 18.2 Å². The minimum absolute atomic E-state index is 0.0345. The van der Waals surface area contributed by atoms with E-state index in [1.54, 1.807) is 13.1 Å². The summed E-state index contributed by atoms with van der Waals surface area (Å²) in [6.45, 7) is 0.163. The SMILES string of the molecule is Cn1ccc(-c2cc(C(=O)Nc3cc(CC4=NNN(CCO)N4)nn3-c3ccc(F)cc3)ccc2C(F)(F)F)n1. The molecular formula is C25H23F4N9O2. The summed E-state index contributed by atoms with van der Waals surface area (Å²) >= 11 is 0. The van der Waals surface area contributed by atoms with Crippen molar-refractivity contribution in [3.63, 3.8) is 0 Å². The van der Waals surface area contributed by atoms with Gasteiger partial charge in [-0.3, -0.25) is 14.9 Å². The fourth-order valence-corrected chi connectivity index (χ4v) is 4.06. The number of carbonyl (C=O) groups is 1. The minimum Gasteiger partial charge on any atom is -0.395 e. The predicted molar refractivity (Wildman–Crippen MR) is 136 cm³/mol. The number of rotatable bonds is 8. The number of alkyl halides is 3. The zero-order valence-corrected chi connectivity index (χ0v) is 20.9. The lowest BCUT2D eigenvalue weighted by atomic mass is 10.0. The highest BCUT2D eigenvalue weighted by molar-refractivity contribution is 6.05. The molecule has 4 N–H and O–H groups in total. The number of aliphatic hydroxyl groups is 1. The van der Waals surface area contributed by atoms with E-state index in [0.29, 0.717) is 17.2 Å². The summed E-state index contributed by atoms with van der Waals surface area (Å²) in [4.78, 5) is 13.3. The maximum Gasteiger partial charge on any atom is 0.417 e. The number of aromatic nitrogens is 4. The summed E-state index contributed by atoms with van der Waals surface area (Å²) < 4.78 is 57.5. The van der Waals surface area contributed by atoms with Gasteiger partial charge in [0, 0.05) is 30.4 Å². The Labute approximate surface area is 224 Å². The van der Waals surface area contributed by atoms with Gasteiger partial charge in [-0.15, -0.1) is 10.2 Å². The number of anilines is 1. The van der Waals surface area contributed by atoms with Crippen LogP contribution in [0.2, 0.25) is 0 Å². The summed E-state index contributed by atoms with van der Waals surface area (Å²) in [5.74, 6) is -0.469. The van der Waals surface area contributed by atoms with Crippen molar-refractivity contribution in [2.75, 3.05) is 18.5 Å². The van der Waals surface area contributed by atoms with Crippen molar-refractivity contribution in [2.24, 2.45) is 12.1 Å². The zero-order chi connectivity index (χ0) is 28.4. The number of carbonyl (C=O) groups excluding carboxylic acids is 1. The first-order valence-electron chi connectivity index (χ1n) is 12.0. The molecule has 15 heteroatoms. The van der Waals surface area contributed by atoms with Crippen molar-refractivity contribution in [1.82, 2.24) is 35.6 Å². The minimum atomic E-state index is -4.66. The molecule has 0 spiro atoms. The van der Waals surface area contributed by atoms with Crippen LogP contribution in [-0.2, 0) is 19.6 Å². The van der Waals surface area contributed by atoms with Gasteiger partial charge in [-0.05, 0) is 48.5 Å². The summed E-state index contributed by atoms with van der Waals surface area (Å²) in [6, 6.07) is 11.5. The highest BCUT2D eigenvalue weighted by Gasteiger charge is 2.34. The molecule has 0 aliphatic carbocycles. The van der Waals surface area contributed by atoms with E-state index in [9.17, 15) is 22.4 Å². The number of amidine groups is 1. The monoisotopic (exact) mass is 557 g/mol. The average Bonchev–Trinajstić information content (AvgIpc) is 3.64. The Morgan fingerprint density at radius 1 is 1.07 bits per heavy atom. The molecule has 208 valence electrons. The van der Waals surface area contributed by atoms with Gasteiger partial charge in [0.2, 0.25) is 0 Å². The first kappa shape index (κ1) is 26.8. The molecule has 0 unspecified atom stereocenters. The molecule has 2 aromatic heterocycles. The van der Waals surface area contributed by atoms with Crippen LogP contribution in [0, 0.1) is 5.82 Å². The van der Waals surface area contributed by atoms with Crippen LogP contribution in [0.25, 0.3) is 16.9 Å². The van der Waals surface area contributed by atoms with Gasteiger partial charge in [0.25, 0.3) is 5.91 Å². The fraction of sp³-hybridized carbons (Fsp3) is 0.200. The second kappa shape index (κ2) is 10.8. The van der Waals surface area contributed by atoms with Crippen LogP contribution in [0.3, 0.4) is 0 Å². The van der Waals surface area contributed by atoms with Gasteiger partial charge in [-0.1, -0.05) is 0 Å². The third-order valence-corrected chi connectivity index (χ3v) is 5.89. The predicted octanol–water partition coefficient (Wildman–Crippen LogP) is 2.86. The molecule has 1 aliphatic rings. The number of halogens is 4. The van der Waals surface area contributed by atoms with Crippen molar-refractivity contribution >= 4 is 17.6 Å². The van der Waals surface area contributed by atoms with E-state index in [4.69, 9.17) is 5.11 Å². The number of nitrogens with zero attached hydrogens (tertiary/aromatic N) is 6. The molecule has 0 bridgehead atoms. The number of hydrogen-bond donors (Lipinski definition) is 4. The number of hydrazine groups is 2. The molecule has 0 atom stereocenters. The highest BCUT2D eigenvalue weighted by Crippen LogP contribution is 2.37. The van der Waals surface area contributed by atoms with Crippen molar-refractivity contribution in [3.8, 4) is 16.9 Å². The fourth-order valence-electron chi connectivity index (χ4n) is 4.06. The molecule has 4 aromatic rings. The molecule has 11 nitrogen and oxygen atoms in total. The van der Waals surface area contributed by atoms with Gasteiger partial charge < -0.3 is 10.4 Å². The largest absolute Gasteiger partial charge is 0.417 e. The molecule has 0 saturated carbocycles. The number of β-amino-alcohol motifs (C(OH)–C–C–N with tert-alkyl or cyclic N) is 1. The molecule has 1 amide bonds. The first-order chi connectivity index (χ1) is 19.1. The molecule has 0 radical (unpaired) electrons. The quantitative estimate of drug-likeness (QED) is 0.246. The number of benzene rings is 2. The summed E-state index contributed by atoms with van der Waals surface area (Å²) in [5, 5.41) is 26.0. The van der Waals surface area contributed by atoms with Gasteiger partial charge in [0.1, 0.15) is 17.5 Å². The normalized spacial score (nSPS) is 13.6.